The third kappa shape index (κ3) is 2.48. The number of aromatic hydroxyl groups is 1. The van der Waals surface area contributed by atoms with Crippen molar-refractivity contribution in [1.29, 1.82) is 0 Å². The van der Waals surface area contributed by atoms with Crippen LogP contribution in [0.3, 0.4) is 0 Å². The van der Waals surface area contributed by atoms with Gasteiger partial charge in [-0.3, -0.25) is 0 Å². The third-order valence-corrected chi connectivity index (χ3v) is 2.90. The lowest BCUT2D eigenvalue weighted by Gasteiger charge is -2.20. The molecule has 1 rings (SSSR count). The van der Waals surface area contributed by atoms with Crippen molar-refractivity contribution in [3.63, 3.8) is 0 Å². The summed E-state index contributed by atoms with van der Waals surface area (Å²) in [4.78, 5) is 0. The van der Waals surface area contributed by atoms with Gasteiger partial charge in [0.05, 0.1) is 0 Å². The molecule has 78 valence electrons. The Morgan fingerprint density at radius 1 is 1.29 bits per heavy atom. The Labute approximate surface area is 85.8 Å². The summed E-state index contributed by atoms with van der Waals surface area (Å²) in [6.45, 7) is 5.01. The Kier molecular flexibility index (Phi) is 3.96. The van der Waals surface area contributed by atoms with Gasteiger partial charge in [-0.05, 0) is 36.4 Å². The largest absolute Gasteiger partial charge is 0.508 e. The Morgan fingerprint density at radius 2 is 1.93 bits per heavy atom. The summed E-state index contributed by atoms with van der Waals surface area (Å²) in [5.74, 6) is 1.26. The van der Waals surface area contributed by atoms with Crippen molar-refractivity contribution in [1.82, 2.24) is 0 Å². The maximum absolute atomic E-state index is 9.67. The van der Waals surface area contributed by atoms with E-state index in [0.29, 0.717) is 24.1 Å². The van der Waals surface area contributed by atoms with Gasteiger partial charge in [0.2, 0.25) is 0 Å². The smallest absolute Gasteiger partial charge is 0.119 e. The maximum atomic E-state index is 9.67. The quantitative estimate of drug-likeness (QED) is 0.771. The standard InChI is InChI=1S/C12H19NO/c1-9(7-8-13)10(2)11-5-3-4-6-12(11)14/h3-6,9-10,14H,7-8,13H2,1-2H3. The summed E-state index contributed by atoms with van der Waals surface area (Å²) in [5.41, 5.74) is 6.54. The van der Waals surface area contributed by atoms with Crippen molar-refractivity contribution in [3.05, 3.63) is 29.8 Å². The van der Waals surface area contributed by atoms with Crippen LogP contribution in [0.15, 0.2) is 24.3 Å². The van der Waals surface area contributed by atoms with E-state index in [1.807, 2.05) is 18.2 Å². The molecule has 2 heteroatoms. The average Bonchev–Trinajstić information content (AvgIpc) is 2.18. The van der Waals surface area contributed by atoms with E-state index in [0.717, 1.165) is 12.0 Å². The fourth-order valence-electron chi connectivity index (χ4n) is 1.69. The first-order valence-corrected chi connectivity index (χ1v) is 5.14. The fourth-order valence-corrected chi connectivity index (χ4v) is 1.69. The van der Waals surface area contributed by atoms with Crippen molar-refractivity contribution in [3.8, 4) is 5.75 Å². The molecule has 2 atom stereocenters. The van der Waals surface area contributed by atoms with E-state index in [1.165, 1.54) is 0 Å². The van der Waals surface area contributed by atoms with E-state index in [1.54, 1.807) is 6.07 Å². The highest BCUT2D eigenvalue weighted by atomic mass is 16.3. The molecule has 2 nitrogen and oxygen atoms in total. The van der Waals surface area contributed by atoms with E-state index in [-0.39, 0.29) is 0 Å². The van der Waals surface area contributed by atoms with Gasteiger partial charge in [-0.2, -0.15) is 0 Å². The second-order valence-electron chi connectivity index (χ2n) is 3.90. The molecule has 0 spiro atoms. The van der Waals surface area contributed by atoms with Crippen molar-refractivity contribution >= 4 is 0 Å². The van der Waals surface area contributed by atoms with E-state index in [2.05, 4.69) is 13.8 Å². The lowest BCUT2D eigenvalue weighted by molar-refractivity contribution is 0.422. The van der Waals surface area contributed by atoms with Crippen LogP contribution in [0, 0.1) is 5.92 Å². The molecule has 0 saturated carbocycles. The number of benzene rings is 1. The van der Waals surface area contributed by atoms with E-state index in [9.17, 15) is 5.11 Å². The molecule has 0 amide bonds. The topological polar surface area (TPSA) is 46.2 Å². The highest BCUT2D eigenvalue weighted by Crippen LogP contribution is 2.31. The van der Waals surface area contributed by atoms with Gasteiger partial charge in [0.1, 0.15) is 5.75 Å². The zero-order valence-corrected chi connectivity index (χ0v) is 8.90. The maximum Gasteiger partial charge on any atom is 0.119 e. The highest BCUT2D eigenvalue weighted by molar-refractivity contribution is 5.34. The van der Waals surface area contributed by atoms with Crippen LogP contribution >= 0.6 is 0 Å². The predicted octanol–water partition coefficient (Wildman–Crippen LogP) is 2.48. The summed E-state index contributed by atoms with van der Waals surface area (Å²) in [5, 5.41) is 9.67. The van der Waals surface area contributed by atoms with Gasteiger partial charge in [-0.25, -0.2) is 0 Å². The SMILES string of the molecule is CC(CCN)C(C)c1ccccc1O. The van der Waals surface area contributed by atoms with Gasteiger partial charge in [0.15, 0.2) is 0 Å². The zero-order valence-electron chi connectivity index (χ0n) is 8.90. The van der Waals surface area contributed by atoms with Crippen LogP contribution < -0.4 is 5.73 Å². The molecule has 0 aliphatic heterocycles. The molecule has 0 heterocycles. The monoisotopic (exact) mass is 193 g/mol. The van der Waals surface area contributed by atoms with Gasteiger partial charge in [0, 0.05) is 0 Å². The first-order chi connectivity index (χ1) is 6.66. The minimum atomic E-state index is 0.361. The molecular formula is C12H19NO. The van der Waals surface area contributed by atoms with Crippen LogP contribution in [0.5, 0.6) is 5.75 Å². The first kappa shape index (κ1) is 11.1. The van der Waals surface area contributed by atoms with Gasteiger partial charge < -0.3 is 10.8 Å². The second-order valence-corrected chi connectivity index (χ2v) is 3.90. The van der Waals surface area contributed by atoms with Crippen molar-refractivity contribution in [2.75, 3.05) is 6.54 Å². The highest BCUT2D eigenvalue weighted by Gasteiger charge is 2.15. The number of nitrogens with two attached hydrogens (primary N) is 1. The molecule has 1 aromatic rings. The molecule has 0 radical (unpaired) electrons. The van der Waals surface area contributed by atoms with E-state index in [4.69, 9.17) is 5.73 Å². The Balaban J connectivity index is 2.78. The molecule has 3 N–H and O–H groups in total. The van der Waals surface area contributed by atoms with E-state index >= 15 is 0 Å². The lowest BCUT2D eigenvalue weighted by atomic mass is 9.86. The van der Waals surface area contributed by atoms with Gasteiger partial charge in [-0.1, -0.05) is 32.0 Å². The molecule has 0 aliphatic carbocycles. The van der Waals surface area contributed by atoms with Gasteiger partial charge in [0.25, 0.3) is 0 Å². The average molecular weight is 193 g/mol. The van der Waals surface area contributed by atoms with Crippen molar-refractivity contribution in [2.45, 2.75) is 26.2 Å². The van der Waals surface area contributed by atoms with Crippen LogP contribution in [0.4, 0.5) is 0 Å². The number of phenols is 1. The van der Waals surface area contributed by atoms with E-state index < -0.39 is 0 Å². The van der Waals surface area contributed by atoms with Crippen LogP contribution in [-0.2, 0) is 0 Å². The van der Waals surface area contributed by atoms with Crippen LogP contribution in [-0.4, -0.2) is 11.7 Å². The molecular weight excluding hydrogens is 174 g/mol. The number of hydrogen-bond acceptors (Lipinski definition) is 2. The van der Waals surface area contributed by atoms with Crippen LogP contribution in [0.25, 0.3) is 0 Å². The number of hydrogen-bond donors (Lipinski definition) is 2. The molecule has 0 aromatic heterocycles. The van der Waals surface area contributed by atoms with Gasteiger partial charge >= 0.3 is 0 Å². The zero-order chi connectivity index (χ0) is 10.6. The Bertz CT molecular complexity index is 285. The number of para-hydroxylation sites is 1. The molecule has 0 aliphatic rings. The fraction of sp³-hybridized carbons (Fsp3) is 0.500. The van der Waals surface area contributed by atoms with Crippen molar-refractivity contribution < 1.29 is 5.11 Å². The molecule has 14 heavy (non-hydrogen) atoms. The summed E-state index contributed by atoms with van der Waals surface area (Å²) in [7, 11) is 0. The van der Waals surface area contributed by atoms with Crippen LogP contribution in [0.1, 0.15) is 31.7 Å². The Hall–Kier alpha value is -1.02. The lowest BCUT2D eigenvalue weighted by Crippen LogP contribution is -2.12. The molecule has 0 bridgehead atoms. The van der Waals surface area contributed by atoms with Gasteiger partial charge in [-0.15, -0.1) is 0 Å². The van der Waals surface area contributed by atoms with Crippen molar-refractivity contribution in [2.24, 2.45) is 11.7 Å². The summed E-state index contributed by atoms with van der Waals surface area (Å²) >= 11 is 0. The minimum Gasteiger partial charge on any atom is -0.508 e. The summed E-state index contributed by atoms with van der Waals surface area (Å²) in [6, 6.07) is 7.52. The Morgan fingerprint density at radius 3 is 2.50 bits per heavy atom. The molecule has 1 aromatic carbocycles. The first-order valence-electron chi connectivity index (χ1n) is 5.14. The third-order valence-electron chi connectivity index (χ3n) is 2.90. The summed E-state index contributed by atoms with van der Waals surface area (Å²) in [6.07, 6.45) is 0.996. The second kappa shape index (κ2) is 5.01. The predicted molar refractivity (Wildman–Crippen MR) is 59.4 cm³/mol. The molecule has 0 saturated heterocycles. The summed E-state index contributed by atoms with van der Waals surface area (Å²) < 4.78 is 0. The number of rotatable bonds is 4. The normalized spacial score (nSPS) is 15.1. The molecule has 2 unspecified atom stereocenters. The van der Waals surface area contributed by atoms with Crippen LogP contribution in [0.2, 0.25) is 0 Å². The number of phenolic OH excluding ortho intramolecular Hbond substituents is 1. The minimum absolute atomic E-state index is 0.361. The molecule has 0 fully saturated rings.